The molecule has 8 heteroatoms. The Balaban J connectivity index is 1.77. The number of nitrogens with zero attached hydrogens (tertiary/aromatic N) is 1. The topological polar surface area (TPSA) is 46.6 Å². The molecule has 0 spiro atoms. The first-order valence-electron chi connectivity index (χ1n) is 7.25. The molecule has 2 saturated heterocycles. The molecule has 126 valence electrons. The first-order valence-corrected chi connectivity index (χ1v) is 7.63. The Hall–Kier alpha value is -1.86. The molecular weight excluding hydrogens is 347 g/mol. The summed E-state index contributed by atoms with van der Waals surface area (Å²) in [6.45, 7) is 1.70. The number of alkyl halides is 3. The van der Waals surface area contributed by atoms with Gasteiger partial charge in [-0.3, -0.25) is 9.59 Å². The lowest BCUT2D eigenvalue weighted by Crippen LogP contribution is -2.38. The first-order chi connectivity index (χ1) is 11.1. The molecule has 0 aromatic heterocycles. The molecule has 2 amide bonds. The Kier molecular flexibility index (Phi) is 3.01. The molecule has 3 heterocycles. The molecule has 4 atom stereocenters. The number of hydrogen-bond donors (Lipinski definition) is 0. The number of carbonyl (C=O) groups excluding carboxylic acids is 2. The highest BCUT2D eigenvalue weighted by Crippen LogP contribution is 2.52. The van der Waals surface area contributed by atoms with E-state index in [1.165, 1.54) is 6.07 Å². The van der Waals surface area contributed by atoms with Crippen LogP contribution in [0.2, 0.25) is 5.02 Å². The zero-order valence-corrected chi connectivity index (χ0v) is 13.1. The maximum Gasteiger partial charge on any atom is 0.417 e. The van der Waals surface area contributed by atoms with E-state index in [1.807, 2.05) is 0 Å². The highest BCUT2D eigenvalue weighted by Gasteiger charge is 2.66. The molecule has 0 radical (unpaired) electrons. The van der Waals surface area contributed by atoms with Crippen LogP contribution in [0.3, 0.4) is 0 Å². The van der Waals surface area contributed by atoms with Gasteiger partial charge in [0.1, 0.15) is 0 Å². The first kappa shape index (κ1) is 15.7. The zero-order chi connectivity index (χ0) is 17.4. The highest BCUT2D eigenvalue weighted by molar-refractivity contribution is 6.31. The van der Waals surface area contributed by atoms with E-state index in [1.54, 1.807) is 19.1 Å². The largest absolute Gasteiger partial charge is 0.417 e. The standard InChI is InChI=1S/C16H11ClF3NO3/c1-15-5-4-10(24-15)11-12(15)14(23)21(13(11)22)7-2-3-9(17)8(6-7)16(18,19)20/h2-6,10-12H,1H3/t10-,11-,12-,15+/m1/s1. The van der Waals surface area contributed by atoms with E-state index in [-0.39, 0.29) is 5.69 Å². The molecule has 1 aromatic rings. The third-order valence-electron chi connectivity index (χ3n) is 4.84. The van der Waals surface area contributed by atoms with E-state index in [2.05, 4.69) is 0 Å². The number of carbonyl (C=O) groups is 2. The normalized spacial score (nSPS) is 34.4. The van der Waals surface area contributed by atoms with Crippen LogP contribution in [0.15, 0.2) is 30.4 Å². The number of halogens is 4. The van der Waals surface area contributed by atoms with Gasteiger partial charge in [0.25, 0.3) is 0 Å². The lowest BCUT2D eigenvalue weighted by atomic mass is 9.78. The monoisotopic (exact) mass is 357 g/mol. The minimum Gasteiger partial charge on any atom is -0.362 e. The molecule has 0 saturated carbocycles. The van der Waals surface area contributed by atoms with Gasteiger partial charge in [0, 0.05) is 0 Å². The minimum atomic E-state index is -4.68. The lowest BCUT2D eigenvalue weighted by Gasteiger charge is -2.24. The van der Waals surface area contributed by atoms with Crippen LogP contribution < -0.4 is 4.90 Å². The van der Waals surface area contributed by atoms with Gasteiger partial charge in [-0.25, -0.2) is 4.90 Å². The summed E-state index contributed by atoms with van der Waals surface area (Å²) in [6.07, 6.45) is -1.74. The maximum atomic E-state index is 13.0. The van der Waals surface area contributed by atoms with Crippen molar-refractivity contribution in [2.75, 3.05) is 4.90 Å². The number of ether oxygens (including phenoxy) is 1. The smallest absolute Gasteiger partial charge is 0.362 e. The molecule has 2 fully saturated rings. The van der Waals surface area contributed by atoms with Crippen LogP contribution in [-0.2, 0) is 20.5 Å². The molecule has 3 aliphatic heterocycles. The molecule has 2 bridgehead atoms. The number of benzene rings is 1. The van der Waals surface area contributed by atoms with E-state index < -0.39 is 52.1 Å². The molecule has 24 heavy (non-hydrogen) atoms. The fourth-order valence-corrected chi connectivity index (χ4v) is 4.00. The van der Waals surface area contributed by atoms with Crippen LogP contribution in [0.4, 0.5) is 18.9 Å². The van der Waals surface area contributed by atoms with Crippen molar-refractivity contribution >= 4 is 29.1 Å². The van der Waals surface area contributed by atoms with E-state index >= 15 is 0 Å². The molecule has 4 nitrogen and oxygen atoms in total. The highest BCUT2D eigenvalue weighted by atomic mass is 35.5. The minimum absolute atomic E-state index is 0.126. The van der Waals surface area contributed by atoms with E-state index in [9.17, 15) is 22.8 Å². The van der Waals surface area contributed by atoms with Crippen LogP contribution in [0.5, 0.6) is 0 Å². The van der Waals surface area contributed by atoms with Gasteiger partial charge in [-0.05, 0) is 25.1 Å². The van der Waals surface area contributed by atoms with Gasteiger partial charge in [-0.2, -0.15) is 13.2 Å². The van der Waals surface area contributed by atoms with Crippen molar-refractivity contribution in [1.29, 1.82) is 0 Å². The SMILES string of the molecule is C[C@@]12C=C[C@@H](O1)[C@H]1C(=O)N(c3ccc(Cl)c(C(F)(F)F)c3)C(=O)[C@@H]12. The number of imide groups is 1. The maximum absolute atomic E-state index is 13.0. The van der Waals surface area contributed by atoms with E-state index in [0.717, 1.165) is 17.0 Å². The Morgan fingerprint density at radius 3 is 2.58 bits per heavy atom. The van der Waals surface area contributed by atoms with Crippen LogP contribution in [-0.4, -0.2) is 23.5 Å². The summed E-state index contributed by atoms with van der Waals surface area (Å²) in [5.74, 6) is -2.50. The van der Waals surface area contributed by atoms with Gasteiger partial charge >= 0.3 is 6.18 Å². The average Bonchev–Trinajstić information content (AvgIpc) is 3.08. The van der Waals surface area contributed by atoms with Crippen LogP contribution in [0.25, 0.3) is 0 Å². The Bertz CT molecular complexity index is 806. The third kappa shape index (κ3) is 1.91. The van der Waals surface area contributed by atoms with Gasteiger partial charge in [-0.15, -0.1) is 0 Å². The summed E-state index contributed by atoms with van der Waals surface area (Å²) in [4.78, 5) is 26.2. The number of rotatable bonds is 1. The van der Waals surface area contributed by atoms with Crippen LogP contribution >= 0.6 is 11.6 Å². The Labute approximate surface area is 139 Å². The Morgan fingerprint density at radius 2 is 1.96 bits per heavy atom. The summed E-state index contributed by atoms with van der Waals surface area (Å²) in [5, 5.41) is -0.484. The quantitative estimate of drug-likeness (QED) is 0.573. The van der Waals surface area contributed by atoms with Crippen molar-refractivity contribution in [2.45, 2.75) is 24.8 Å². The lowest BCUT2D eigenvalue weighted by molar-refractivity contribution is -0.137. The van der Waals surface area contributed by atoms with Crippen molar-refractivity contribution in [3.8, 4) is 0 Å². The number of anilines is 1. The Morgan fingerprint density at radius 1 is 1.25 bits per heavy atom. The number of amides is 2. The van der Waals surface area contributed by atoms with Crippen molar-refractivity contribution in [3.05, 3.63) is 40.9 Å². The number of fused-ring (bicyclic) bond motifs is 5. The zero-order valence-electron chi connectivity index (χ0n) is 12.3. The van der Waals surface area contributed by atoms with E-state index in [0.29, 0.717) is 0 Å². The summed E-state index contributed by atoms with van der Waals surface area (Å²) >= 11 is 5.60. The van der Waals surface area contributed by atoms with Gasteiger partial charge < -0.3 is 4.74 Å². The van der Waals surface area contributed by atoms with Gasteiger partial charge in [0.15, 0.2) is 0 Å². The fraction of sp³-hybridized carbons (Fsp3) is 0.375. The van der Waals surface area contributed by atoms with Gasteiger partial charge in [-0.1, -0.05) is 23.8 Å². The number of hydrogen-bond acceptors (Lipinski definition) is 3. The van der Waals surface area contributed by atoms with Crippen molar-refractivity contribution in [2.24, 2.45) is 11.8 Å². The van der Waals surface area contributed by atoms with Crippen molar-refractivity contribution in [1.82, 2.24) is 0 Å². The third-order valence-corrected chi connectivity index (χ3v) is 5.17. The molecule has 0 unspecified atom stereocenters. The molecule has 3 aliphatic rings. The van der Waals surface area contributed by atoms with Crippen LogP contribution in [0, 0.1) is 11.8 Å². The fourth-order valence-electron chi connectivity index (χ4n) is 3.78. The molecule has 1 aromatic carbocycles. The summed E-state index contributed by atoms with van der Waals surface area (Å²) < 4.78 is 44.8. The molecule has 4 rings (SSSR count). The average molecular weight is 358 g/mol. The predicted molar refractivity (Wildman–Crippen MR) is 78.3 cm³/mol. The predicted octanol–water partition coefficient (Wildman–Crippen LogP) is 3.19. The van der Waals surface area contributed by atoms with Crippen molar-refractivity contribution < 1.29 is 27.5 Å². The second-order valence-corrected chi connectivity index (χ2v) is 6.71. The van der Waals surface area contributed by atoms with Gasteiger partial charge in [0.2, 0.25) is 11.8 Å². The van der Waals surface area contributed by atoms with Gasteiger partial charge in [0.05, 0.1) is 39.8 Å². The molecular formula is C16H11ClF3NO3. The second kappa shape index (κ2) is 4.61. The summed E-state index contributed by atoms with van der Waals surface area (Å²) in [5.41, 5.74) is -2.10. The molecule has 0 aliphatic carbocycles. The summed E-state index contributed by atoms with van der Waals surface area (Å²) in [6, 6.07) is 3.02. The second-order valence-electron chi connectivity index (χ2n) is 6.30. The van der Waals surface area contributed by atoms with E-state index in [4.69, 9.17) is 16.3 Å². The van der Waals surface area contributed by atoms with Crippen LogP contribution in [0.1, 0.15) is 12.5 Å². The summed E-state index contributed by atoms with van der Waals surface area (Å²) in [7, 11) is 0. The molecule has 0 N–H and O–H groups in total. The van der Waals surface area contributed by atoms with Crippen molar-refractivity contribution in [3.63, 3.8) is 0 Å².